The molecular weight excluding hydrogens is 451 g/mol. The molecule has 1 N–H and O–H groups in total. The van der Waals surface area contributed by atoms with Crippen molar-refractivity contribution in [2.45, 2.75) is 26.4 Å². The minimum absolute atomic E-state index is 0.217. The van der Waals surface area contributed by atoms with Crippen LogP contribution in [0.25, 0.3) is 12.2 Å². The Morgan fingerprint density at radius 2 is 2.16 bits per heavy atom. The molecule has 0 unspecified atom stereocenters. The van der Waals surface area contributed by atoms with Crippen LogP contribution in [0.4, 0.5) is 9.52 Å². The van der Waals surface area contributed by atoms with Crippen molar-refractivity contribution in [2.75, 3.05) is 5.32 Å². The molecule has 1 amide bonds. The van der Waals surface area contributed by atoms with E-state index in [1.54, 1.807) is 47.4 Å². The number of carbonyl (C=O) groups excluding carboxylic acids is 1. The second-order valence-electron chi connectivity index (χ2n) is 7.29. The summed E-state index contributed by atoms with van der Waals surface area (Å²) >= 11 is 7.66. The molecule has 0 aliphatic heterocycles. The van der Waals surface area contributed by atoms with Gasteiger partial charge in [-0.15, -0.1) is 11.3 Å². The van der Waals surface area contributed by atoms with Crippen LogP contribution < -0.4 is 5.32 Å². The number of nitrogens with zero attached hydrogens (tertiary/aromatic N) is 5. The fraction of sp³-hybridized carbons (Fsp3) is 0.182. The van der Waals surface area contributed by atoms with Gasteiger partial charge in [0.1, 0.15) is 16.5 Å². The average molecular weight is 471 g/mol. The van der Waals surface area contributed by atoms with Crippen LogP contribution in [0, 0.1) is 5.95 Å². The summed E-state index contributed by atoms with van der Waals surface area (Å²) in [7, 11) is 0. The van der Waals surface area contributed by atoms with Gasteiger partial charge in [0.2, 0.25) is 5.95 Å². The van der Waals surface area contributed by atoms with E-state index >= 15 is 0 Å². The SMILES string of the molecule is CC(C)n1cnc(C=Cc2csc(NC(=O)c3cccn3Cc3ccnc(F)c3)n2)c1Cl. The Hall–Kier alpha value is -3.30. The maximum absolute atomic E-state index is 13.4. The van der Waals surface area contributed by atoms with Gasteiger partial charge >= 0.3 is 0 Å². The normalized spacial score (nSPS) is 11.5. The summed E-state index contributed by atoms with van der Waals surface area (Å²) in [6.07, 6.45) is 8.46. The van der Waals surface area contributed by atoms with Crippen molar-refractivity contribution in [2.24, 2.45) is 0 Å². The molecule has 0 fully saturated rings. The smallest absolute Gasteiger partial charge is 0.274 e. The molecule has 0 atom stereocenters. The van der Waals surface area contributed by atoms with Crippen molar-refractivity contribution in [3.63, 3.8) is 0 Å². The number of rotatable bonds is 7. The lowest BCUT2D eigenvalue weighted by Crippen LogP contribution is -2.17. The summed E-state index contributed by atoms with van der Waals surface area (Å²) in [5, 5.41) is 5.68. The first-order chi connectivity index (χ1) is 15.4. The first-order valence-corrected chi connectivity index (χ1v) is 11.1. The zero-order valence-electron chi connectivity index (χ0n) is 17.4. The van der Waals surface area contributed by atoms with E-state index in [4.69, 9.17) is 11.6 Å². The molecule has 4 heterocycles. The summed E-state index contributed by atoms with van der Waals surface area (Å²) in [5.41, 5.74) is 2.50. The number of thiazole rings is 1. The predicted octanol–water partition coefficient (Wildman–Crippen LogP) is 5.38. The number of halogens is 2. The summed E-state index contributed by atoms with van der Waals surface area (Å²) in [5.74, 6) is -0.852. The predicted molar refractivity (Wildman–Crippen MR) is 124 cm³/mol. The van der Waals surface area contributed by atoms with E-state index in [9.17, 15) is 9.18 Å². The van der Waals surface area contributed by atoms with Crippen LogP contribution in [0.5, 0.6) is 0 Å². The Balaban J connectivity index is 1.43. The summed E-state index contributed by atoms with van der Waals surface area (Å²) in [6, 6.07) is 6.74. The highest BCUT2D eigenvalue weighted by atomic mass is 35.5. The van der Waals surface area contributed by atoms with Crippen LogP contribution >= 0.6 is 22.9 Å². The number of anilines is 1. The molecule has 0 spiro atoms. The van der Waals surface area contributed by atoms with Crippen molar-refractivity contribution in [3.8, 4) is 0 Å². The highest BCUT2D eigenvalue weighted by molar-refractivity contribution is 7.14. The van der Waals surface area contributed by atoms with Gasteiger partial charge in [0, 0.05) is 30.4 Å². The van der Waals surface area contributed by atoms with E-state index in [1.165, 1.54) is 23.6 Å². The van der Waals surface area contributed by atoms with Crippen LogP contribution in [0.2, 0.25) is 5.15 Å². The van der Waals surface area contributed by atoms with Gasteiger partial charge in [-0.25, -0.2) is 15.0 Å². The van der Waals surface area contributed by atoms with Crippen LogP contribution in [-0.4, -0.2) is 30.0 Å². The fourth-order valence-corrected chi connectivity index (χ4v) is 4.10. The first-order valence-electron chi connectivity index (χ1n) is 9.83. The average Bonchev–Trinajstić information content (AvgIpc) is 3.47. The standard InChI is InChI=1S/C22H20ClFN6OS/c1-14(2)30-13-26-17(20(30)23)6-5-16-12-32-22(27-16)28-21(31)18-4-3-9-29(18)11-15-7-8-25-19(24)10-15/h3-10,12-14H,11H2,1-2H3,(H,27,28,31). The largest absolute Gasteiger partial charge is 0.339 e. The van der Waals surface area contributed by atoms with Crippen molar-refractivity contribution in [3.05, 3.63) is 82.1 Å². The summed E-state index contributed by atoms with van der Waals surface area (Å²) in [6.45, 7) is 4.41. The third kappa shape index (κ3) is 4.95. The molecule has 0 radical (unpaired) electrons. The Labute approximate surface area is 193 Å². The van der Waals surface area contributed by atoms with Gasteiger partial charge in [-0.3, -0.25) is 10.1 Å². The van der Waals surface area contributed by atoms with Crippen LogP contribution in [-0.2, 0) is 6.54 Å². The molecule has 7 nitrogen and oxygen atoms in total. The molecule has 10 heteroatoms. The van der Waals surface area contributed by atoms with E-state index in [1.807, 2.05) is 23.8 Å². The van der Waals surface area contributed by atoms with Crippen LogP contribution in [0.3, 0.4) is 0 Å². The molecule has 32 heavy (non-hydrogen) atoms. The summed E-state index contributed by atoms with van der Waals surface area (Å²) in [4.78, 5) is 25.0. The second kappa shape index (κ2) is 9.46. The summed E-state index contributed by atoms with van der Waals surface area (Å²) < 4.78 is 17.0. The number of imidazole rings is 1. The zero-order chi connectivity index (χ0) is 22.7. The molecule has 0 aliphatic carbocycles. The number of amides is 1. The Morgan fingerprint density at radius 3 is 2.91 bits per heavy atom. The molecule has 4 aromatic rings. The zero-order valence-corrected chi connectivity index (χ0v) is 18.9. The molecule has 0 aliphatic rings. The minimum Gasteiger partial charge on any atom is -0.339 e. The van der Waals surface area contributed by atoms with Crippen molar-refractivity contribution in [1.82, 2.24) is 24.1 Å². The van der Waals surface area contributed by atoms with Crippen LogP contribution in [0.1, 0.15) is 47.3 Å². The number of hydrogen-bond acceptors (Lipinski definition) is 5. The van der Waals surface area contributed by atoms with Gasteiger partial charge in [-0.1, -0.05) is 11.6 Å². The molecule has 4 aromatic heterocycles. The van der Waals surface area contributed by atoms with E-state index in [0.29, 0.717) is 39.5 Å². The van der Waals surface area contributed by atoms with Crippen molar-refractivity contribution >= 4 is 46.1 Å². The van der Waals surface area contributed by atoms with E-state index in [0.717, 1.165) is 0 Å². The van der Waals surface area contributed by atoms with Gasteiger partial charge in [0.05, 0.1) is 12.0 Å². The lowest BCUT2D eigenvalue weighted by atomic mass is 10.2. The number of carbonyl (C=O) groups is 1. The molecular formula is C22H20ClFN6OS. The molecule has 0 aromatic carbocycles. The molecule has 0 bridgehead atoms. The maximum Gasteiger partial charge on any atom is 0.274 e. The topological polar surface area (TPSA) is 77.6 Å². The monoisotopic (exact) mass is 470 g/mol. The quantitative estimate of drug-likeness (QED) is 0.368. The van der Waals surface area contributed by atoms with Crippen molar-refractivity contribution < 1.29 is 9.18 Å². The Kier molecular flexibility index (Phi) is 6.48. The van der Waals surface area contributed by atoms with E-state index < -0.39 is 5.95 Å². The molecule has 4 rings (SSSR count). The Morgan fingerprint density at radius 1 is 1.31 bits per heavy atom. The molecule has 0 saturated carbocycles. The number of pyridine rings is 1. The van der Waals surface area contributed by atoms with Crippen LogP contribution in [0.15, 0.2) is 48.4 Å². The fourth-order valence-electron chi connectivity index (χ4n) is 3.07. The first kappa shape index (κ1) is 21.9. The minimum atomic E-state index is -0.554. The highest BCUT2D eigenvalue weighted by Crippen LogP contribution is 2.23. The van der Waals surface area contributed by atoms with Gasteiger partial charge in [-0.2, -0.15) is 4.39 Å². The number of nitrogens with one attached hydrogen (secondary N) is 1. The maximum atomic E-state index is 13.4. The van der Waals surface area contributed by atoms with Crippen molar-refractivity contribution in [1.29, 1.82) is 0 Å². The van der Waals surface area contributed by atoms with Gasteiger partial charge < -0.3 is 9.13 Å². The number of hydrogen-bond donors (Lipinski definition) is 1. The molecule has 0 saturated heterocycles. The third-order valence-electron chi connectivity index (χ3n) is 4.68. The van der Waals surface area contributed by atoms with E-state index in [2.05, 4.69) is 20.3 Å². The lowest BCUT2D eigenvalue weighted by molar-refractivity contribution is 0.101. The highest BCUT2D eigenvalue weighted by Gasteiger charge is 2.14. The third-order valence-corrected chi connectivity index (χ3v) is 5.84. The number of aromatic nitrogens is 5. The second-order valence-corrected chi connectivity index (χ2v) is 8.51. The Bertz CT molecular complexity index is 1270. The van der Waals surface area contributed by atoms with Gasteiger partial charge in [0.25, 0.3) is 5.91 Å². The molecule has 164 valence electrons. The lowest BCUT2D eigenvalue weighted by Gasteiger charge is -2.09. The van der Waals surface area contributed by atoms with Gasteiger partial charge in [-0.05, 0) is 55.8 Å². The van der Waals surface area contributed by atoms with Gasteiger partial charge in [0.15, 0.2) is 5.13 Å². The van der Waals surface area contributed by atoms with E-state index in [-0.39, 0.29) is 11.9 Å².